The molecule has 0 saturated carbocycles. The molecule has 3 rings (SSSR count). The Labute approximate surface area is 124 Å². The van der Waals surface area contributed by atoms with Gasteiger partial charge in [-0.05, 0) is 37.6 Å². The van der Waals surface area contributed by atoms with Gasteiger partial charge in [0, 0.05) is 46.5 Å². The molecule has 2 aromatic rings. The smallest absolute Gasteiger partial charge is 0.0727 e. The molecule has 1 aromatic heterocycles. The number of aryl methyl sites for hydroxylation is 1. The number of pyridine rings is 1. The van der Waals surface area contributed by atoms with Crippen LogP contribution in [0.2, 0.25) is 0 Å². The number of anilines is 2. The van der Waals surface area contributed by atoms with Crippen molar-refractivity contribution in [1.82, 2.24) is 4.98 Å². The molecular formula is C16H21N3S. The first-order valence-electron chi connectivity index (χ1n) is 7.21. The molecule has 0 spiro atoms. The molecule has 4 heteroatoms. The predicted octanol–water partition coefficient (Wildman–Crippen LogP) is 3.46. The second-order valence-electron chi connectivity index (χ2n) is 5.41. The summed E-state index contributed by atoms with van der Waals surface area (Å²) in [6, 6.07) is 8.21. The molecule has 1 saturated heterocycles. The highest BCUT2D eigenvalue weighted by molar-refractivity contribution is 8.00. The van der Waals surface area contributed by atoms with Crippen LogP contribution in [0.15, 0.2) is 24.3 Å². The van der Waals surface area contributed by atoms with Crippen LogP contribution in [0.1, 0.15) is 19.0 Å². The minimum Gasteiger partial charge on any atom is -0.399 e. The number of nitrogen functional groups attached to an aromatic ring is 1. The van der Waals surface area contributed by atoms with Crippen molar-refractivity contribution in [3.63, 3.8) is 0 Å². The maximum atomic E-state index is 5.96. The van der Waals surface area contributed by atoms with Crippen LogP contribution >= 0.6 is 11.8 Å². The number of nitrogens with two attached hydrogens (primary N) is 1. The van der Waals surface area contributed by atoms with E-state index in [1.54, 1.807) is 0 Å². The second-order valence-corrected chi connectivity index (χ2v) is 6.81. The lowest BCUT2D eigenvalue weighted by atomic mass is 10.1. The van der Waals surface area contributed by atoms with Crippen LogP contribution in [-0.4, -0.2) is 29.1 Å². The lowest BCUT2D eigenvalue weighted by Gasteiger charge is -2.34. The molecule has 1 atom stereocenters. The number of nitrogens with zero attached hydrogens (tertiary/aromatic N) is 2. The fraction of sp³-hybridized carbons (Fsp3) is 0.438. The van der Waals surface area contributed by atoms with Gasteiger partial charge in [-0.3, -0.25) is 4.98 Å². The Balaban J connectivity index is 2.07. The molecule has 2 heterocycles. The van der Waals surface area contributed by atoms with E-state index in [0.29, 0.717) is 0 Å². The summed E-state index contributed by atoms with van der Waals surface area (Å²) < 4.78 is 0. The zero-order valence-electron chi connectivity index (χ0n) is 12.1. The lowest BCUT2D eigenvalue weighted by molar-refractivity contribution is 0.729. The number of hydrogen-bond donors (Lipinski definition) is 1. The van der Waals surface area contributed by atoms with E-state index in [1.165, 1.54) is 23.2 Å². The van der Waals surface area contributed by atoms with Gasteiger partial charge in [0.2, 0.25) is 0 Å². The van der Waals surface area contributed by atoms with Gasteiger partial charge in [-0.1, -0.05) is 6.92 Å². The normalized spacial score (nSPS) is 19.5. The number of thioether (sulfide) groups is 1. The molecule has 0 aliphatic carbocycles. The SMILES string of the molecule is CCC1CN(c2cc(C)nc3ccc(N)cc23)CCS1. The van der Waals surface area contributed by atoms with E-state index in [2.05, 4.69) is 47.6 Å². The zero-order chi connectivity index (χ0) is 14.1. The predicted molar refractivity (Wildman–Crippen MR) is 89.6 cm³/mol. The number of fused-ring (bicyclic) bond motifs is 1. The third-order valence-electron chi connectivity index (χ3n) is 3.87. The van der Waals surface area contributed by atoms with E-state index in [4.69, 9.17) is 5.73 Å². The molecule has 3 nitrogen and oxygen atoms in total. The number of benzene rings is 1. The van der Waals surface area contributed by atoms with Crippen LogP contribution in [-0.2, 0) is 0 Å². The molecule has 2 N–H and O–H groups in total. The van der Waals surface area contributed by atoms with Crippen LogP contribution in [0.3, 0.4) is 0 Å². The average molecular weight is 287 g/mol. The summed E-state index contributed by atoms with van der Waals surface area (Å²) in [4.78, 5) is 7.13. The van der Waals surface area contributed by atoms with Gasteiger partial charge in [0.25, 0.3) is 0 Å². The van der Waals surface area contributed by atoms with Crippen molar-refractivity contribution in [3.05, 3.63) is 30.0 Å². The first-order valence-corrected chi connectivity index (χ1v) is 8.25. The largest absolute Gasteiger partial charge is 0.399 e. The highest BCUT2D eigenvalue weighted by atomic mass is 32.2. The number of aromatic nitrogens is 1. The monoisotopic (exact) mass is 287 g/mol. The standard InChI is InChI=1S/C16H21N3S/c1-3-13-10-19(6-7-20-13)16-8-11(2)18-15-5-4-12(17)9-14(15)16/h4-5,8-9,13H,3,6-7,10,17H2,1-2H3. The third-order valence-corrected chi connectivity index (χ3v) is 5.25. The fourth-order valence-electron chi connectivity index (χ4n) is 2.80. The van der Waals surface area contributed by atoms with Crippen molar-refractivity contribution in [3.8, 4) is 0 Å². The van der Waals surface area contributed by atoms with Gasteiger partial charge in [0.05, 0.1) is 5.52 Å². The average Bonchev–Trinajstić information content (AvgIpc) is 2.47. The first kappa shape index (κ1) is 13.6. The minimum atomic E-state index is 0.730. The van der Waals surface area contributed by atoms with Gasteiger partial charge in [0.15, 0.2) is 0 Å². The molecular weight excluding hydrogens is 266 g/mol. The summed E-state index contributed by atoms with van der Waals surface area (Å²) >= 11 is 2.09. The molecule has 1 aliphatic rings. The third kappa shape index (κ3) is 2.57. The fourth-order valence-corrected chi connectivity index (χ4v) is 3.98. The Morgan fingerprint density at radius 3 is 3.05 bits per heavy atom. The Morgan fingerprint density at radius 2 is 2.25 bits per heavy atom. The van der Waals surface area contributed by atoms with Gasteiger partial charge in [-0.2, -0.15) is 11.8 Å². The van der Waals surface area contributed by atoms with Gasteiger partial charge < -0.3 is 10.6 Å². The number of rotatable bonds is 2. The molecule has 0 radical (unpaired) electrons. The Morgan fingerprint density at radius 1 is 1.40 bits per heavy atom. The van der Waals surface area contributed by atoms with Crippen LogP contribution in [0.5, 0.6) is 0 Å². The Bertz CT molecular complexity index is 626. The Hall–Kier alpha value is -1.42. The van der Waals surface area contributed by atoms with Crippen molar-refractivity contribution in [2.75, 3.05) is 29.5 Å². The van der Waals surface area contributed by atoms with E-state index < -0.39 is 0 Å². The van der Waals surface area contributed by atoms with Crippen LogP contribution in [0.25, 0.3) is 10.9 Å². The second kappa shape index (κ2) is 5.52. The van der Waals surface area contributed by atoms with Gasteiger partial charge in [-0.25, -0.2) is 0 Å². The lowest BCUT2D eigenvalue weighted by Crippen LogP contribution is -2.37. The molecule has 0 bridgehead atoms. The minimum absolute atomic E-state index is 0.730. The van der Waals surface area contributed by atoms with Crippen LogP contribution < -0.4 is 10.6 Å². The molecule has 1 aromatic carbocycles. The van der Waals surface area contributed by atoms with Crippen LogP contribution in [0, 0.1) is 6.92 Å². The maximum absolute atomic E-state index is 5.96. The summed E-state index contributed by atoms with van der Waals surface area (Å²) in [5, 5.41) is 1.91. The van der Waals surface area contributed by atoms with E-state index >= 15 is 0 Å². The van der Waals surface area contributed by atoms with Gasteiger partial charge in [0.1, 0.15) is 0 Å². The van der Waals surface area contributed by atoms with E-state index in [1.807, 2.05) is 12.1 Å². The molecule has 1 fully saturated rings. The first-order chi connectivity index (χ1) is 9.67. The summed E-state index contributed by atoms with van der Waals surface area (Å²) in [6.45, 7) is 6.56. The molecule has 0 amide bonds. The van der Waals surface area contributed by atoms with Crippen molar-refractivity contribution in [1.29, 1.82) is 0 Å². The van der Waals surface area contributed by atoms with Crippen molar-refractivity contribution >= 4 is 34.0 Å². The summed E-state index contributed by atoms with van der Waals surface area (Å²) in [5.74, 6) is 1.20. The molecule has 20 heavy (non-hydrogen) atoms. The highest BCUT2D eigenvalue weighted by Crippen LogP contribution is 2.32. The maximum Gasteiger partial charge on any atom is 0.0727 e. The summed E-state index contributed by atoms with van der Waals surface area (Å²) in [5.41, 5.74) is 10.2. The Kier molecular flexibility index (Phi) is 3.74. The van der Waals surface area contributed by atoms with E-state index in [0.717, 1.165) is 35.2 Å². The van der Waals surface area contributed by atoms with E-state index in [-0.39, 0.29) is 0 Å². The topological polar surface area (TPSA) is 42.2 Å². The number of hydrogen-bond acceptors (Lipinski definition) is 4. The highest BCUT2D eigenvalue weighted by Gasteiger charge is 2.21. The summed E-state index contributed by atoms with van der Waals surface area (Å²) in [6.07, 6.45) is 1.23. The van der Waals surface area contributed by atoms with Crippen LogP contribution in [0.4, 0.5) is 11.4 Å². The molecule has 106 valence electrons. The van der Waals surface area contributed by atoms with Gasteiger partial charge in [-0.15, -0.1) is 0 Å². The summed E-state index contributed by atoms with van der Waals surface area (Å²) in [7, 11) is 0. The van der Waals surface area contributed by atoms with Gasteiger partial charge >= 0.3 is 0 Å². The quantitative estimate of drug-likeness (QED) is 0.859. The zero-order valence-corrected chi connectivity index (χ0v) is 12.9. The molecule has 1 unspecified atom stereocenters. The van der Waals surface area contributed by atoms with Crippen molar-refractivity contribution in [2.24, 2.45) is 0 Å². The van der Waals surface area contributed by atoms with E-state index in [9.17, 15) is 0 Å². The molecule has 1 aliphatic heterocycles. The van der Waals surface area contributed by atoms with Crippen molar-refractivity contribution in [2.45, 2.75) is 25.5 Å². The van der Waals surface area contributed by atoms with Crippen molar-refractivity contribution < 1.29 is 0 Å².